The van der Waals surface area contributed by atoms with Crippen LogP contribution in [0, 0.1) is 5.82 Å². The van der Waals surface area contributed by atoms with Crippen molar-refractivity contribution in [1.82, 2.24) is 0 Å². The van der Waals surface area contributed by atoms with Gasteiger partial charge in [0.25, 0.3) is 0 Å². The molecule has 88 valence electrons. The van der Waals surface area contributed by atoms with Crippen LogP contribution in [0.3, 0.4) is 0 Å². The number of morpholine rings is 1. The molecule has 2 rings (SSSR count). The fourth-order valence-corrected chi connectivity index (χ4v) is 1.97. The second-order valence-corrected chi connectivity index (χ2v) is 4.05. The van der Waals surface area contributed by atoms with Gasteiger partial charge in [0.1, 0.15) is 0 Å². The third kappa shape index (κ3) is 2.23. The van der Waals surface area contributed by atoms with Crippen molar-refractivity contribution in [3.8, 4) is 0 Å². The lowest BCUT2D eigenvalue weighted by atomic mass is 10.2. The Balaban J connectivity index is 2.29. The van der Waals surface area contributed by atoms with Crippen molar-refractivity contribution in [2.45, 2.75) is 0 Å². The summed E-state index contributed by atoms with van der Waals surface area (Å²) in [6, 6.07) is 3.43. The molecule has 3 nitrogen and oxygen atoms in total. The highest BCUT2D eigenvalue weighted by Gasteiger charge is 2.15. The highest BCUT2D eigenvalue weighted by Crippen LogP contribution is 2.29. The van der Waals surface area contributed by atoms with Gasteiger partial charge in [-0.25, -0.2) is 4.39 Å². The molecule has 0 atom stereocenters. The number of halogens is 2. The van der Waals surface area contributed by atoms with E-state index in [4.69, 9.17) is 16.3 Å². The predicted octanol–water partition coefficient (Wildman–Crippen LogP) is 2.36. The number of hydrogen-bond acceptors (Lipinski definition) is 3. The van der Waals surface area contributed by atoms with E-state index < -0.39 is 5.82 Å². The molecule has 1 saturated heterocycles. The maximum Gasteiger partial charge on any atom is 0.164 e. The van der Waals surface area contributed by atoms with Gasteiger partial charge in [0.05, 0.1) is 23.9 Å². The second kappa shape index (κ2) is 4.89. The summed E-state index contributed by atoms with van der Waals surface area (Å²) in [6.07, 6.45) is 0. The minimum atomic E-state index is -0.402. The Kier molecular flexibility index (Phi) is 3.51. The average molecular weight is 245 g/mol. The van der Waals surface area contributed by atoms with Crippen LogP contribution in [-0.4, -0.2) is 33.4 Å². The summed E-state index contributed by atoms with van der Waals surface area (Å²) >= 11 is 5.84. The van der Waals surface area contributed by atoms with Crippen LogP contribution in [0.1, 0.15) is 0 Å². The van der Waals surface area contributed by atoms with Gasteiger partial charge >= 0.3 is 0 Å². The summed E-state index contributed by atoms with van der Waals surface area (Å²) in [7, 11) is 1.68. The third-order valence-electron chi connectivity index (χ3n) is 2.66. The van der Waals surface area contributed by atoms with Crippen LogP contribution < -0.4 is 10.2 Å². The van der Waals surface area contributed by atoms with E-state index in [2.05, 4.69) is 10.2 Å². The largest absolute Gasteiger partial charge is 0.386 e. The molecule has 0 aliphatic carbocycles. The van der Waals surface area contributed by atoms with Gasteiger partial charge in [-0.2, -0.15) is 0 Å². The van der Waals surface area contributed by atoms with Crippen LogP contribution in [-0.2, 0) is 4.74 Å². The molecule has 0 unspecified atom stereocenters. The average Bonchev–Trinajstić information content (AvgIpc) is 2.33. The molecular weight excluding hydrogens is 231 g/mol. The molecule has 0 saturated carbocycles. The van der Waals surface area contributed by atoms with E-state index in [-0.39, 0.29) is 5.02 Å². The molecule has 1 aliphatic rings. The minimum Gasteiger partial charge on any atom is -0.386 e. The molecule has 0 radical (unpaired) electrons. The van der Waals surface area contributed by atoms with E-state index in [0.29, 0.717) is 18.9 Å². The zero-order valence-electron chi connectivity index (χ0n) is 9.09. The van der Waals surface area contributed by atoms with E-state index in [1.54, 1.807) is 19.2 Å². The van der Waals surface area contributed by atoms with Crippen LogP contribution in [0.5, 0.6) is 0 Å². The number of rotatable bonds is 2. The Morgan fingerprint density at radius 1 is 1.38 bits per heavy atom. The van der Waals surface area contributed by atoms with Crippen molar-refractivity contribution in [3.05, 3.63) is 23.0 Å². The van der Waals surface area contributed by atoms with Gasteiger partial charge in [0.15, 0.2) is 5.82 Å². The number of benzene rings is 1. The van der Waals surface area contributed by atoms with Gasteiger partial charge in [0.2, 0.25) is 0 Å². The lowest BCUT2D eigenvalue weighted by Gasteiger charge is -2.29. The first-order valence-electron chi connectivity index (χ1n) is 5.22. The van der Waals surface area contributed by atoms with Crippen molar-refractivity contribution < 1.29 is 9.13 Å². The summed E-state index contributed by atoms with van der Waals surface area (Å²) in [4.78, 5) is 2.13. The summed E-state index contributed by atoms with van der Waals surface area (Å²) in [6.45, 7) is 3.02. The highest BCUT2D eigenvalue weighted by atomic mass is 35.5. The normalized spacial score (nSPS) is 16.3. The number of nitrogens with zero attached hydrogens (tertiary/aromatic N) is 1. The second-order valence-electron chi connectivity index (χ2n) is 3.64. The molecule has 1 N–H and O–H groups in total. The topological polar surface area (TPSA) is 24.5 Å². The van der Waals surface area contributed by atoms with E-state index >= 15 is 0 Å². The standard InChI is InChI=1S/C11H14ClFN2O/c1-14-10-7-8(6-9(12)11(10)13)15-2-4-16-5-3-15/h6-7,14H,2-5H2,1H3. The summed E-state index contributed by atoms with van der Waals surface area (Å²) in [5, 5.41) is 2.94. The van der Waals surface area contributed by atoms with E-state index in [0.717, 1.165) is 18.8 Å². The summed E-state index contributed by atoms with van der Waals surface area (Å²) in [5.74, 6) is -0.402. The molecule has 1 aromatic carbocycles. The van der Waals surface area contributed by atoms with Crippen molar-refractivity contribution >= 4 is 23.0 Å². The van der Waals surface area contributed by atoms with Crippen molar-refractivity contribution in [1.29, 1.82) is 0 Å². The van der Waals surface area contributed by atoms with Gasteiger partial charge in [-0.1, -0.05) is 11.6 Å². The molecule has 0 aromatic heterocycles. The highest BCUT2D eigenvalue weighted by molar-refractivity contribution is 6.31. The van der Waals surface area contributed by atoms with Crippen LogP contribution >= 0.6 is 11.6 Å². The zero-order chi connectivity index (χ0) is 11.5. The predicted molar refractivity (Wildman–Crippen MR) is 64.0 cm³/mol. The Morgan fingerprint density at radius 2 is 2.06 bits per heavy atom. The zero-order valence-corrected chi connectivity index (χ0v) is 9.85. The van der Waals surface area contributed by atoms with Crippen LogP contribution in [0.25, 0.3) is 0 Å². The van der Waals surface area contributed by atoms with E-state index in [9.17, 15) is 4.39 Å². The Bertz CT molecular complexity index is 380. The molecule has 0 bridgehead atoms. The molecule has 5 heteroatoms. The van der Waals surface area contributed by atoms with Crippen LogP contribution in [0.15, 0.2) is 12.1 Å². The van der Waals surface area contributed by atoms with Gasteiger partial charge in [-0.3, -0.25) is 0 Å². The Hall–Kier alpha value is -1.00. The Morgan fingerprint density at radius 3 is 2.69 bits per heavy atom. The lowest BCUT2D eigenvalue weighted by molar-refractivity contribution is 0.122. The van der Waals surface area contributed by atoms with Crippen LogP contribution in [0.4, 0.5) is 15.8 Å². The van der Waals surface area contributed by atoms with E-state index in [1.165, 1.54) is 0 Å². The van der Waals surface area contributed by atoms with Crippen LogP contribution in [0.2, 0.25) is 5.02 Å². The monoisotopic (exact) mass is 244 g/mol. The molecular formula is C11H14ClFN2O. The molecule has 16 heavy (non-hydrogen) atoms. The molecule has 1 aliphatic heterocycles. The number of ether oxygens (including phenoxy) is 1. The Labute approximate surface area is 99.1 Å². The molecule has 0 spiro atoms. The number of hydrogen-bond donors (Lipinski definition) is 1. The first kappa shape index (κ1) is 11.5. The first-order valence-corrected chi connectivity index (χ1v) is 5.59. The third-order valence-corrected chi connectivity index (χ3v) is 2.93. The van der Waals surface area contributed by atoms with Gasteiger partial charge < -0.3 is 15.0 Å². The van der Waals surface area contributed by atoms with Crippen molar-refractivity contribution in [3.63, 3.8) is 0 Å². The quantitative estimate of drug-likeness (QED) is 0.865. The SMILES string of the molecule is CNc1cc(N2CCOCC2)cc(Cl)c1F. The first-order chi connectivity index (χ1) is 7.72. The van der Waals surface area contributed by atoms with E-state index in [1.807, 2.05) is 0 Å². The van der Waals surface area contributed by atoms with Crippen molar-refractivity contribution in [2.75, 3.05) is 43.6 Å². The van der Waals surface area contributed by atoms with Gasteiger partial charge in [0, 0.05) is 25.8 Å². The molecule has 1 fully saturated rings. The summed E-state index contributed by atoms with van der Waals surface area (Å²) in [5.41, 5.74) is 1.35. The maximum absolute atomic E-state index is 13.5. The summed E-state index contributed by atoms with van der Waals surface area (Å²) < 4.78 is 18.8. The molecule has 1 heterocycles. The molecule has 1 aromatic rings. The fraction of sp³-hybridized carbons (Fsp3) is 0.455. The lowest BCUT2D eigenvalue weighted by Crippen LogP contribution is -2.36. The van der Waals surface area contributed by atoms with Gasteiger partial charge in [-0.15, -0.1) is 0 Å². The van der Waals surface area contributed by atoms with Crippen molar-refractivity contribution in [2.24, 2.45) is 0 Å². The fourth-order valence-electron chi connectivity index (χ4n) is 1.76. The minimum absolute atomic E-state index is 0.147. The maximum atomic E-state index is 13.5. The van der Waals surface area contributed by atoms with Gasteiger partial charge in [-0.05, 0) is 12.1 Å². The smallest absolute Gasteiger partial charge is 0.164 e. The number of nitrogens with one attached hydrogen (secondary N) is 1. The number of anilines is 2. The molecule has 0 amide bonds.